The maximum Gasteiger partial charge on any atom is 0.252 e. The predicted molar refractivity (Wildman–Crippen MR) is 117 cm³/mol. The molecule has 0 aromatic heterocycles. The highest BCUT2D eigenvalue weighted by molar-refractivity contribution is 8.15. The van der Waals surface area contributed by atoms with Crippen molar-refractivity contribution in [1.29, 1.82) is 0 Å². The van der Waals surface area contributed by atoms with Crippen molar-refractivity contribution in [3.05, 3.63) is 33.8 Å². The van der Waals surface area contributed by atoms with Gasteiger partial charge in [0.15, 0.2) is 5.17 Å². The maximum atomic E-state index is 12.4. The van der Waals surface area contributed by atoms with Crippen molar-refractivity contribution >= 4 is 51.9 Å². The second-order valence-electron chi connectivity index (χ2n) is 8.83. The van der Waals surface area contributed by atoms with Gasteiger partial charge >= 0.3 is 0 Å². The van der Waals surface area contributed by atoms with Crippen LogP contribution in [0.15, 0.2) is 23.2 Å². The summed E-state index contributed by atoms with van der Waals surface area (Å²) in [6, 6.07) is 4.78. The number of rotatable bonds is 5. The lowest BCUT2D eigenvalue weighted by Gasteiger charge is -2.29. The lowest BCUT2D eigenvalue weighted by molar-refractivity contribution is -0.118. The van der Waals surface area contributed by atoms with Gasteiger partial charge in [-0.05, 0) is 74.5 Å². The van der Waals surface area contributed by atoms with Gasteiger partial charge in [-0.25, -0.2) is 0 Å². The Bertz CT molecular complexity index is 892. The number of nitrogens with zero attached hydrogens (tertiary/aromatic N) is 1. The summed E-state index contributed by atoms with van der Waals surface area (Å²) in [5.41, 5.74) is 0.463. The molecule has 29 heavy (non-hydrogen) atoms. The topological polar surface area (TPSA) is 70.6 Å². The van der Waals surface area contributed by atoms with Crippen molar-refractivity contribution in [2.24, 2.45) is 22.7 Å². The Morgan fingerprint density at radius 1 is 1.24 bits per heavy atom. The number of amidine groups is 1. The lowest BCUT2D eigenvalue weighted by atomic mass is 9.81. The number of nitrogens with one attached hydrogen (secondary N) is 2. The molecule has 0 radical (unpaired) electrons. The summed E-state index contributed by atoms with van der Waals surface area (Å²) in [5, 5.41) is 7.18. The fourth-order valence-electron chi connectivity index (χ4n) is 5.87. The summed E-state index contributed by atoms with van der Waals surface area (Å²) in [7, 11) is 0. The third-order valence-electron chi connectivity index (χ3n) is 6.92. The number of carbonyl (C=O) groups excluding carboxylic acids is 2. The van der Waals surface area contributed by atoms with E-state index in [4.69, 9.17) is 28.2 Å². The largest absolute Gasteiger partial charge is 0.352 e. The fourth-order valence-corrected chi connectivity index (χ4v) is 7.43. The average molecular weight is 452 g/mol. The van der Waals surface area contributed by atoms with Crippen molar-refractivity contribution in [3.63, 3.8) is 0 Å². The van der Waals surface area contributed by atoms with Gasteiger partial charge in [0.25, 0.3) is 5.91 Å². The van der Waals surface area contributed by atoms with Crippen LogP contribution in [0.1, 0.15) is 48.9 Å². The van der Waals surface area contributed by atoms with Gasteiger partial charge in [-0.15, -0.1) is 0 Å². The number of hydrogen-bond acceptors (Lipinski definition) is 4. The molecule has 1 heterocycles. The van der Waals surface area contributed by atoms with Gasteiger partial charge in [0.1, 0.15) is 0 Å². The normalized spacial score (nSPS) is 36.1. The molecular formula is C21H23Cl2N3O2S. The van der Waals surface area contributed by atoms with Gasteiger partial charge in [-0.2, -0.15) is 0 Å². The van der Waals surface area contributed by atoms with Gasteiger partial charge < -0.3 is 10.6 Å². The summed E-state index contributed by atoms with van der Waals surface area (Å²) in [6.45, 7) is 0.397. The van der Waals surface area contributed by atoms with Crippen LogP contribution in [-0.2, 0) is 4.79 Å². The van der Waals surface area contributed by atoms with Crippen LogP contribution in [0.2, 0.25) is 10.0 Å². The molecule has 6 rings (SSSR count). The van der Waals surface area contributed by atoms with Gasteiger partial charge in [-0.3, -0.25) is 14.6 Å². The van der Waals surface area contributed by atoms with E-state index in [1.54, 1.807) is 18.2 Å². The molecule has 5 aliphatic rings. The quantitative estimate of drug-likeness (QED) is 0.701. The first kappa shape index (κ1) is 19.7. The Labute approximate surface area is 184 Å². The Kier molecular flexibility index (Phi) is 5.08. The number of benzene rings is 1. The van der Waals surface area contributed by atoms with Crippen LogP contribution < -0.4 is 10.6 Å². The van der Waals surface area contributed by atoms with Crippen molar-refractivity contribution in [2.75, 3.05) is 6.54 Å². The van der Waals surface area contributed by atoms with Crippen molar-refractivity contribution in [2.45, 2.75) is 49.3 Å². The van der Waals surface area contributed by atoms with Crippen LogP contribution in [0.5, 0.6) is 0 Å². The molecule has 0 spiro atoms. The third-order valence-corrected chi connectivity index (χ3v) is 8.61. The molecule has 4 saturated carbocycles. The second-order valence-corrected chi connectivity index (χ2v) is 10.9. The molecule has 3 atom stereocenters. The minimum absolute atomic E-state index is 0.0124. The Hall–Kier alpha value is -1.24. The van der Waals surface area contributed by atoms with E-state index in [9.17, 15) is 9.59 Å². The smallest absolute Gasteiger partial charge is 0.252 e. The zero-order chi connectivity index (χ0) is 20.2. The van der Waals surface area contributed by atoms with E-state index in [2.05, 4.69) is 10.6 Å². The molecule has 2 N–H and O–H groups in total. The standard InChI is InChI=1S/C21H23Cl2N3O2S/c22-14-1-2-15(16(23)8-14)18(27)24-4-3-17-19(28)25-20(29-17)26-21-9-11-5-12(10-21)7-13(21)6-11/h1-2,8,11-13,17H,3-7,9-10H2,(H,24,27)(H,25,26,28). The van der Waals surface area contributed by atoms with E-state index in [1.807, 2.05) is 0 Å². The van der Waals surface area contributed by atoms with E-state index in [1.165, 1.54) is 43.9 Å². The minimum Gasteiger partial charge on any atom is -0.352 e. The first-order chi connectivity index (χ1) is 13.9. The van der Waals surface area contributed by atoms with Crippen molar-refractivity contribution in [1.82, 2.24) is 10.6 Å². The molecule has 8 heteroatoms. The summed E-state index contributed by atoms with van der Waals surface area (Å²) in [6.07, 6.45) is 6.94. The highest BCUT2D eigenvalue weighted by atomic mass is 35.5. The Morgan fingerprint density at radius 2 is 2.00 bits per heavy atom. The summed E-state index contributed by atoms with van der Waals surface area (Å²) < 4.78 is 0. The molecule has 2 amide bonds. The van der Waals surface area contributed by atoms with E-state index < -0.39 is 0 Å². The van der Waals surface area contributed by atoms with Gasteiger partial charge in [-0.1, -0.05) is 35.0 Å². The number of amides is 2. The number of halogens is 2. The highest BCUT2D eigenvalue weighted by Crippen LogP contribution is 2.62. The minimum atomic E-state index is -0.262. The monoisotopic (exact) mass is 451 g/mol. The fraction of sp³-hybridized carbons (Fsp3) is 0.571. The van der Waals surface area contributed by atoms with Crippen LogP contribution in [-0.4, -0.2) is 34.3 Å². The second kappa shape index (κ2) is 7.47. The van der Waals surface area contributed by atoms with Crippen LogP contribution in [0.4, 0.5) is 0 Å². The van der Waals surface area contributed by atoms with E-state index in [0.29, 0.717) is 34.5 Å². The zero-order valence-corrected chi connectivity index (χ0v) is 18.2. The van der Waals surface area contributed by atoms with E-state index >= 15 is 0 Å². The molecule has 3 unspecified atom stereocenters. The third kappa shape index (κ3) is 3.68. The summed E-state index contributed by atoms with van der Waals surface area (Å²) in [5.74, 6) is 2.11. The molecule has 5 fully saturated rings. The molecule has 1 saturated heterocycles. The zero-order valence-electron chi connectivity index (χ0n) is 15.9. The lowest BCUT2D eigenvalue weighted by Crippen LogP contribution is -2.33. The molecule has 154 valence electrons. The molecule has 4 bridgehead atoms. The van der Waals surface area contributed by atoms with Crippen LogP contribution in [0.3, 0.4) is 0 Å². The summed E-state index contributed by atoms with van der Waals surface area (Å²) in [4.78, 5) is 29.8. The molecule has 1 aromatic carbocycles. The van der Waals surface area contributed by atoms with Gasteiger partial charge in [0.2, 0.25) is 5.91 Å². The van der Waals surface area contributed by atoms with Gasteiger partial charge in [0.05, 0.1) is 21.4 Å². The van der Waals surface area contributed by atoms with E-state index in [-0.39, 0.29) is 22.6 Å². The molecule has 4 aliphatic carbocycles. The average Bonchev–Trinajstić information content (AvgIpc) is 3.19. The Balaban J connectivity index is 1.17. The van der Waals surface area contributed by atoms with Crippen molar-refractivity contribution in [3.8, 4) is 0 Å². The number of carbonyl (C=O) groups is 2. The SMILES string of the molecule is O=C(NCCC1SC(=NC23CC4CC(CC2C4)C3)NC1=O)c1ccc(Cl)cc1Cl. The maximum absolute atomic E-state index is 12.4. The number of aliphatic imine (C=N–C) groups is 1. The Morgan fingerprint density at radius 3 is 2.72 bits per heavy atom. The molecule has 5 nitrogen and oxygen atoms in total. The molecular weight excluding hydrogens is 429 g/mol. The van der Waals surface area contributed by atoms with Crippen LogP contribution >= 0.6 is 35.0 Å². The van der Waals surface area contributed by atoms with E-state index in [0.717, 1.165) is 17.0 Å². The molecule has 1 aromatic rings. The first-order valence-electron chi connectivity index (χ1n) is 10.2. The molecule has 1 aliphatic heterocycles. The highest BCUT2D eigenvalue weighted by Gasteiger charge is 2.58. The van der Waals surface area contributed by atoms with Crippen LogP contribution in [0.25, 0.3) is 0 Å². The number of hydrogen-bond donors (Lipinski definition) is 2. The van der Waals surface area contributed by atoms with Crippen molar-refractivity contribution < 1.29 is 9.59 Å². The first-order valence-corrected chi connectivity index (χ1v) is 11.9. The van der Waals surface area contributed by atoms with Crippen LogP contribution in [0, 0.1) is 17.8 Å². The summed E-state index contributed by atoms with van der Waals surface area (Å²) >= 11 is 13.5. The van der Waals surface area contributed by atoms with Gasteiger partial charge in [0, 0.05) is 11.6 Å². The predicted octanol–water partition coefficient (Wildman–Crippen LogP) is 4.28. The number of thioether (sulfide) groups is 1.